The zero-order valence-electron chi connectivity index (χ0n) is 14.5. The number of aromatic nitrogens is 1. The van der Waals surface area contributed by atoms with Crippen molar-refractivity contribution in [3.63, 3.8) is 0 Å². The van der Waals surface area contributed by atoms with Gasteiger partial charge in [-0.25, -0.2) is 4.98 Å². The molecule has 4 N–H and O–H groups in total. The molecule has 0 radical (unpaired) electrons. The maximum atomic E-state index is 10.2. The molecule has 7 nitrogen and oxygen atoms in total. The van der Waals surface area contributed by atoms with Gasteiger partial charge in [-0.15, -0.1) is 11.3 Å². The molecule has 5 atom stereocenters. The van der Waals surface area contributed by atoms with Crippen LogP contribution < -0.4 is 4.74 Å². The molecule has 1 aliphatic rings. The zero-order chi connectivity index (χ0) is 19.8. The Morgan fingerprint density at radius 2 is 1.86 bits per heavy atom. The number of fused-ring (bicyclic) bond motifs is 1. The summed E-state index contributed by atoms with van der Waals surface area (Å²) < 4.78 is 13.1. The van der Waals surface area contributed by atoms with E-state index < -0.39 is 37.3 Å². The number of halogens is 1. The largest absolute Gasteiger partial charge is 0.461 e. The highest BCUT2D eigenvalue weighted by Gasteiger charge is 2.44. The van der Waals surface area contributed by atoms with E-state index in [1.54, 1.807) is 12.1 Å². The summed E-state index contributed by atoms with van der Waals surface area (Å²) in [5, 5.41) is 40.2. The summed E-state index contributed by atoms with van der Waals surface area (Å²) in [6, 6.07) is 13.1. The van der Waals surface area contributed by atoms with Gasteiger partial charge >= 0.3 is 0 Å². The van der Waals surface area contributed by atoms with Crippen LogP contribution in [0.3, 0.4) is 0 Å². The van der Waals surface area contributed by atoms with Crippen molar-refractivity contribution in [1.29, 1.82) is 0 Å². The molecular weight excluding hydrogens is 450 g/mol. The topological polar surface area (TPSA) is 112 Å². The zero-order valence-corrected chi connectivity index (χ0v) is 16.9. The van der Waals surface area contributed by atoms with E-state index in [-0.39, 0.29) is 0 Å². The number of aliphatic hydroxyl groups is 4. The first-order valence-electron chi connectivity index (χ1n) is 8.60. The first kappa shape index (κ1) is 19.7. The average Bonchev–Trinajstić information content (AvgIpc) is 3.13. The van der Waals surface area contributed by atoms with Gasteiger partial charge in [-0.2, -0.15) is 0 Å². The molecular formula is C19H18BrNO6S. The van der Waals surface area contributed by atoms with Crippen LogP contribution in [0.25, 0.3) is 20.8 Å². The van der Waals surface area contributed by atoms with Crippen molar-refractivity contribution in [1.82, 2.24) is 4.98 Å². The van der Waals surface area contributed by atoms with Gasteiger partial charge in [0.15, 0.2) is 0 Å². The van der Waals surface area contributed by atoms with Crippen molar-refractivity contribution < 1.29 is 29.9 Å². The van der Waals surface area contributed by atoms with Gasteiger partial charge in [-0.1, -0.05) is 28.1 Å². The van der Waals surface area contributed by atoms with E-state index in [9.17, 15) is 20.4 Å². The fourth-order valence-corrected chi connectivity index (χ4v) is 4.40. The number of rotatable bonds is 4. The second-order valence-corrected chi connectivity index (χ2v) is 8.39. The molecule has 1 aliphatic heterocycles. The summed E-state index contributed by atoms with van der Waals surface area (Å²) in [4.78, 5) is 4.64. The monoisotopic (exact) mass is 467 g/mol. The molecule has 0 saturated carbocycles. The number of nitrogens with zero attached hydrogens (tertiary/aromatic N) is 1. The highest BCUT2D eigenvalue weighted by atomic mass is 79.9. The lowest BCUT2D eigenvalue weighted by atomic mass is 9.99. The third kappa shape index (κ3) is 3.67. The normalized spacial score (nSPS) is 27.8. The fraction of sp³-hybridized carbons (Fsp3) is 0.316. The van der Waals surface area contributed by atoms with Gasteiger partial charge in [0.1, 0.15) is 35.2 Å². The Hall–Kier alpha value is -1.59. The lowest BCUT2D eigenvalue weighted by Crippen LogP contribution is -2.60. The number of ether oxygens (including phenoxy) is 2. The second kappa shape index (κ2) is 8.03. The molecule has 0 aliphatic carbocycles. The van der Waals surface area contributed by atoms with Crippen LogP contribution in [0, 0.1) is 0 Å². The Labute approximate surface area is 172 Å². The molecule has 1 saturated heterocycles. The minimum atomic E-state index is -1.50. The average molecular weight is 468 g/mol. The molecule has 0 bridgehead atoms. The third-order valence-corrected chi connectivity index (χ3v) is 6.12. The highest BCUT2D eigenvalue weighted by molar-refractivity contribution is 9.10. The van der Waals surface area contributed by atoms with Gasteiger partial charge in [0.25, 0.3) is 0 Å². The van der Waals surface area contributed by atoms with Crippen molar-refractivity contribution >= 4 is 37.5 Å². The molecule has 28 heavy (non-hydrogen) atoms. The molecule has 2 heterocycles. The first-order valence-corrected chi connectivity index (χ1v) is 10.2. The van der Waals surface area contributed by atoms with Crippen molar-refractivity contribution in [2.45, 2.75) is 30.7 Å². The van der Waals surface area contributed by atoms with E-state index in [2.05, 4.69) is 20.9 Å². The molecule has 1 fully saturated rings. The van der Waals surface area contributed by atoms with E-state index in [4.69, 9.17) is 9.47 Å². The van der Waals surface area contributed by atoms with Crippen molar-refractivity contribution in [2.24, 2.45) is 0 Å². The summed E-state index contributed by atoms with van der Waals surface area (Å²) in [6.45, 7) is -0.518. The Kier molecular flexibility index (Phi) is 5.66. The maximum Gasteiger partial charge on any atom is 0.229 e. The van der Waals surface area contributed by atoms with Crippen molar-refractivity contribution in [2.75, 3.05) is 6.61 Å². The minimum Gasteiger partial charge on any atom is -0.461 e. The number of hydrogen-bond acceptors (Lipinski definition) is 8. The van der Waals surface area contributed by atoms with Crippen LogP contribution in [-0.2, 0) is 4.74 Å². The smallest absolute Gasteiger partial charge is 0.229 e. The maximum absolute atomic E-state index is 10.2. The summed E-state index contributed by atoms with van der Waals surface area (Å²) in [5.74, 6) is 0.395. The second-order valence-electron chi connectivity index (χ2n) is 6.44. The lowest BCUT2D eigenvalue weighted by Gasteiger charge is -2.39. The Balaban J connectivity index is 1.69. The van der Waals surface area contributed by atoms with E-state index >= 15 is 0 Å². The van der Waals surface area contributed by atoms with Crippen LogP contribution in [0.2, 0.25) is 0 Å². The van der Waals surface area contributed by atoms with Crippen LogP contribution in [0.1, 0.15) is 0 Å². The molecule has 0 amide bonds. The van der Waals surface area contributed by atoms with Gasteiger partial charge in [0, 0.05) is 4.47 Å². The standard InChI is InChI=1S/C19H18BrNO6S/c20-9-5-6-12(26-19-17(25)16(24)15(23)13(8-22)27-19)10(7-9)18-21-11-3-1-2-4-14(11)28-18/h1-7,13,15-17,19,22-25H,8H2/t13?,15-,16?,17?,19-/m1/s1. The molecule has 9 heteroatoms. The van der Waals surface area contributed by atoms with Gasteiger partial charge in [-0.3, -0.25) is 0 Å². The Bertz CT molecular complexity index is 947. The molecule has 3 aromatic rings. The Morgan fingerprint density at radius 1 is 1.07 bits per heavy atom. The van der Waals surface area contributed by atoms with E-state index in [1.807, 2.05) is 30.3 Å². The summed E-state index contributed by atoms with van der Waals surface area (Å²) in [6.07, 6.45) is -6.72. The number of hydrogen-bond donors (Lipinski definition) is 4. The number of aliphatic hydroxyl groups excluding tert-OH is 4. The lowest BCUT2D eigenvalue weighted by molar-refractivity contribution is -0.277. The predicted octanol–water partition coefficient (Wildman–Crippen LogP) is 1.90. The molecule has 3 unspecified atom stereocenters. The molecule has 0 spiro atoms. The summed E-state index contributed by atoms with van der Waals surface area (Å²) in [7, 11) is 0. The molecule has 4 rings (SSSR count). The van der Waals surface area contributed by atoms with Crippen LogP contribution in [0.5, 0.6) is 5.75 Å². The number of thiazole rings is 1. The van der Waals surface area contributed by atoms with Crippen LogP contribution >= 0.6 is 27.3 Å². The van der Waals surface area contributed by atoms with E-state index in [0.29, 0.717) is 11.3 Å². The van der Waals surface area contributed by atoms with Crippen molar-refractivity contribution in [3.8, 4) is 16.3 Å². The Morgan fingerprint density at radius 3 is 2.61 bits per heavy atom. The van der Waals surface area contributed by atoms with Gasteiger partial charge in [0.05, 0.1) is 22.4 Å². The summed E-state index contributed by atoms with van der Waals surface area (Å²) >= 11 is 4.94. The van der Waals surface area contributed by atoms with Crippen LogP contribution in [0.15, 0.2) is 46.9 Å². The van der Waals surface area contributed by atoms with Crippen LogP contribution in [0.4, 0.5) is 0 Å². The summed E-state index contributed by atoms with van der Waals surface area (Å²) in [5.41, 5.74) is 1.55. The predicted molar refractivity (Wildman–Crippen MR) is 107 cm³/mol. The van der Waals surface area contributed by atoms with Gasteiger partial charge in [0.2, 0.25) is 6.29 Å². The number of benzene rings is 2. The molecule has 148 valence electrons. The van der Waals surface area contributed by atoms with E-state index in [1.165, 1.54) is 11.3 Å². The molecule has 1 aromatic heterocycles. The molecule has 2 aromatic carbocycles. The fourth-order valence-electron chi connectivity index (χ4n) is 3.05. The van der Waals surface area contributed by atoms with Crippen molar-refractivity contribution in [3.05, 3.63) is 46.9 Å². The van der Waals surface area contributed by atoms with Crippen LogP contribution in [-0.4, -0.2) is 62.7 Å². The van der Waals surface area contributed by atoms with E-state index in [0.717, 1.165) is 19.7 Å². The number of para-hydroxylation sites is 1. The third-order valence-electron chi connectivity index (χ3n) is 4.56. The quantitative estimate of drug-likeness (QED) is 0.463. The highest BCUT2D eigenvalue weighted by Crippen LogP contribution is 2.38. The SMILES string of the molecule is OCC1O[C@@H](Oc2ccc(Br)cc2-c2nc3ccccc3s2)C(O)C(O)[C@@H]1O. The first-order chi connectivity index (χ1) is 13.5. The minimum absolute atomic E-state index is 0.395. The van der Waals surface area contributed by atoms with Gasteiger partial charge in [-0.05, 0) is 30.3 Å². The van der Waals surface area contributed by atoms with Gasteiger partial charge < -0.3 is 29.9 Å².